The van der Waals surface area contributed by atoms with Crippen LogP contribution >= 0.6 is 11.3 Å². The Morgan fingerprint density at radius 3 is 2.56 bits per heavy atom. The van der Waals surface area contributed by atoms with Crippen molar-refractivity contribution in [1.82, 2.24) is 10.3 Å². The molecule has 0 spiro atoms. The second-order valence-corrected chi connectivity index (χ2v) is 5.30. The lowest BCUT2D eigenvalue weighted by molar-refractivity contribution is -0.144. The standard InChI is InChI=1S/C12H16N2O3S/c15-11(13-5-10-6-18-7-14-10)8-1-3-9(4-2-8)12(16)17/h6-9H,1-5H2,(H,13,15)(H,16,17). The maximum Gasteiger partial charge on any atom is 0.306 e. The van der Waals surface area contributed by atoms with Crippen LogP contribution in [0.3, 0.4) is 0 Å². The zero-order valence-corrected chi connectivity index (χ0v) is 10.8. The zero-order chi connectivity index (χ0) is 13.0. The highest BCUT2D eigenvalue weighted by atomic mass is 32.1. The summed E-state index contributed by atoms with van der Waals surface area (Å²) in [5.41, 5.74) is 2.60. The molecule has 2 rings (SSSR count). The summed E-state index contributed by atoms with van der Waals surface area (Å²) in [7, 11) is 0. The first-order valence-electron chi connectivity index (χ1n) is 6.04. The monoisotopic (exact) mass is 268 g/mol. The van der Waals surface area contributed by atoms with Crippen LogP contribution in [0.5, 0.6) is 0 Å². The minimum atomic E-state index is -0.740. The summed E-state index contributed by atoms with van der Waals surface area (Å²) in [6, 6.07) is 0. The highest BCUT2D eigenvalue weighted by molar-refractivity contribution is 7.07. The van der Waals surface area contributed by atoms with Crippen LogP contribution < -0.4 is 5.32 Å². The van der Waals surface area contributed by atoms with E-state index in [0.717, 1.165) is 5.69 Å². The molecule has 1 heterocycles. The van der Waals surface area contributed by atoms with Crippen molar-refractivity contribution in [2.45, 2.75) is 32.2 Å². The van der Waals surface area contributed by atoms with E-state index < -0.39 is 5.97 Å². The molecule has 1 aliphatic rings. The van der Waals surface area contributed by atoms with Crippen LogP contribution in [0.25, 0.3) is 0 Å². The molecular weight excluding hydrogens is 252 g/mol. The Kier molecular flexibility index (Phi) is 4.30. The molecule has 0 atom stereocenters. The second kappa shape index (κ2) is 5.95. The van der Waals surface area contributed by atoms with E-state index in [1.165, 1.54) is 11.3 Å². The van der Waals surface area contributed by atoms with Crippen LogP contribution in [-0.2, 0) is 16.1 Å². The number of thiazole rings is 1. The van der Waals surface area contributed by atoms with E-state index in [0.29, 0.717) is 32.2 Å². The Balaban J connectivity index is 1.75. The Hall–Kier alpha value is -1.43. The molecular formula is C12H16N2O3S. The molecule has 18 heavy (non-hydrogen) atoms. The van der Waals surface area contributed by atoms with Crippen molar-refractivity contribution in [2.24, 2.45) is 11.8 Å². The number of rotatable bonds is 4. The van der Waals surface area contributed by atoms with Crippen molar-refractivity contribution in [1.29, 1.82) is 0 Å². The number of carboxylic acid groups (broad SMARTS) is 1. The highest BCUT2D eigenvalue weighted by Gasteiger charge is 2.29. The molecule has 2 N–H and O–H groups in total. The maximum absolute atomic E-state index is 11.9. The molecule has 0 saturated heterocycles. The zero-order valence-electron chi connectivity index (χ0n) is 9.96. The Morgan fingerprint density at radius 2 is 2.00 bits per heavy atom. The third kappa shape index (κ3) is 3.29. The number of nitrogens with zero attached hydrogens (tertiary/aromatic N) is 1. The highest BCUT2D eigenvalue weighted by Crippen LogP contribution is 2.29. The molecule has 0 bridgehead atoms. The number of aliphatic carboxylic acids is 1. The minimum absolute atomic E-state index is 0.0202. The lowest BCUT2D eigenvalue weighted by Gasteiger charge is -2.25. The average Bonchev–Trinajstić information content (AvgIpc) is 2.89. The predicted molar refractivity (Wildman–Crippen MR) is 67.0 cm³/mol. The Bertz CT molecular complexity index is 411. The van der Waals surface area contributed by atoms with Gasteiger partial charge in [0.25, 0.3) is 0 Å². The van der Waals surface area contributed by atoms with Gasteiger partial charge in [0.15, 0.2) is 0 Å². The minimum Gasteiger partial charge on any atom is -0.481 e. The Labute approximate surface area is 109 Å². The van der Waals surface area contributed by atoms with Gasteiger partial charge < -0.3 is 10.4 Å². The van der Waals surface area contributed by atoms with Gasteiger partial charge in [-0.1, -0.05) is 0 Å². The van der Waals surface area contributed by atoms with E-state index in [9.17, 15) is 9.59 Å². The Morgan fingerprint density at radius 1 is 1.33 bits per heavy atom. The van der Waals surface area contributed by atoms with Gasteiger partial charge in [-0.15, -0.1) is 11.3 Å². The number of nitrogens with one attached hydrogen (secondary N) is 1. The van der Waals surface area contributed by atoms with E-state index in [-0.39, 0.29) is 17.7 Å². The van der Waals surface area contributed by atoms with Gasteiger partial charge in [0.2, 0.25) is 5.91 Å². The summed E-state index contributed by atoms with van der Waals surface area (Å²) in [5, 5.41) is 13.6. The molecule has 1 aliphatic carbocycles. The number of carbonyl (C=O) groups is 2. The molecule has 1 fully saturated rings. The van der Waals surface area contributed by atoms with Crippen molar-refractivity contribution in [2.75, 3.05) is 0 Å². The molecule has 0 aliphatic heterocycles. The van der Waals surface area contributed by atoms with Crippen molar-refractivity contribution < 1.29 is 14.7 Å². The van der Waals surface area contributed by atoms with Crippen molar-refractivity contribution in [3.63, 3.8) is 0 Å². The molecule has 6 heteroatoms. The molecule has 5 nitrogen and oxygen atoms in total. The molecule has 98 valence electrons. The van der Waals surface area contributed by atoms with Crippen molar-refractivity contribution >= 4 is 23.2 Å². The topological polar surface area (TPSA) is 79.3 Å². The van der Waals surface area contributed by atoms with Gasteiger partial charge in [0.05, 0.1) is 23.7 Å². The molecule has 0 aromatic carbocycles. The lowest BCUT2D eigenvalue weighted by Crippen LogP contribution is -2.34. The summed E-state index contributed by atoms with van der Waals surface area (Å²) in [6.07, 6.45) is 2.54. The normalized spacial score (nSPS) is 23.6. The number of amides is 1. The molecule has 1 amide bonds. The first kappa shape index (κ1) is 13.0. The van der Waals surface area contributed by atoms with Gasteiger partial charge in [-0.3, -0.25) is 9.59 Å². The fourth-order valence-electron chi connectivity index (χ4n) is 2.25. The van der Waals surface area contributed by atoms with Gasteiger partial charge in [-0.25, -0.2) is 4.98 Å². The van der Waals surface area contributed by atoms with E-state index in [1.807, 2.05) is 5.38 Å². The predicted octanol–water partition coefficient (Wildman–Crippen LogP) is 1.65. The second-order valence-electron chi connectivity index (χ2n) is 4.58. The summed E-state index contributed by atoms with van der Waals surface area (Å²) >= 11 is 1.50. The van der Waals surface area contributed by atoms with Crippen molar-refractivity contribution in [3.8, 4) is 0 Å². The van der Waals surface area contributed by atoms with Crippen molar-refractivity contribution in [3.05, 3.63) is 16.6 Å². The van der Waals surface area contributed by atoms with E-state index >= 15 is 0 Å². The summed E-state index contributed by atoms with van der Waals surface area (Å²) < 4.78 is 0. The number of carboxylic acids is 1. The van der Waals surface area contributed by atoms with Crippen LogP contribution in [0.4, 0.5) is 0 Å². The average molecular weight is 268 g/mol. The summed E-state index contributed by atoms with van der Waals surface area (Å²) in [6.45, 7) is 0.460. The first-order valence-corrected chi connectivity index (χ1v) is 6.98. The van der Waals surface area contributed by atoms with Gasteiger partial charge in [0, 0.05) is 11.3 Å². The number of carbonyl (C=O) groups excluding carboxylic acids is 1. The largest absolute Gasteiger partial charge is 0.481 e. The maximum atomic E-state index is 11.9. The lowest BCUT2D eigenvalue weighted by atomic mass is 9.81. The number of hydrogen-bond acceptors (Lipinski definition) is 4. The number of hydrogen-bond donors (Lipinski definition) is 2. The summed E-state index contributed by atoms with van der Waals surface area (Å²) in [5.74, 6) is -1.03. The van der Waals surface area contributed by atoms with Gasteiger partial charge >= 0.3 is 5.97 Å². The SMILES string of the molecule is O=C(O)C1CCC(C(=O)NCc2cscn2)CC1. The molecule has 1 saturated carbocycles. The number of aromatic nitrogens is 1. The molecule has 1 aromatic heterocycles. The van der Waals surface area contributed by atoms with E-state index in [4.69, 9.17) is 5.11 Å². The fraction of sp³-hybridized carbons (Fsp3) is 0.583. The third-order valence-electron chi connectivity index (χ3n) is 3.37. The smallest absolute Gasteiger partial charge is 0.306 e. The van der Waals surface area contributed by atoms with Gasteiger partial charge in [0.1, 0.15) is 0 Å². The first-order chi connectivity index (χ1) is 8.66. The van der Waals surface area contributed by atoms with Crippen LogP contribution in [0.2, 0.25) is 0 Å². The van der Waals surface area contributed by atoms with Crippen LogP contribution in [-0.4, -0.2) is 22.0 Å². The van der Waals surface area contributed by atoms with Crippen LogP contribution in [0.1, 0.15) is 31.4 Å². The van der Waals surface area contributed by atoms with Gasteiger partial charge in [-0.2, -0.15) is 0 Å². The molecule has 1 aromatic rings. The summed E-state index contributed by atoms with van der Waals surface area (Å²) in [4.78, 5) is 26.8. The van der Waals surface area contributed by atoms with E-state index in [2.05, 4.69) is 10.3 Å². The fourth-order valence-corrected chi connectivity index (χ4v) is 2.81. The molecule has 0 radical (unpaired) electrons. The van der Waals surface area contributed by atoms with Crippen LogP contribution in [0, 0.1) is 11.8 Å². The van der Waals surface area contributed by atoms with Crippen LogP contribution in [0.15, 0.2) is 10.9 Å². The third-order valence-corrected chi connectivity index (χ3v) is 4.01. The van der Waals surface area contributed by atoms with E-state index in [1.54, 1.807) is 5.51 Å². The molecule has 0 unspecified atom stereocenters. The quantitative estimate of drug-likeness (QED) is 0.870. The van der Waals surface area contributed by atoms with Gasteiger partial charge in [-0.05, 0) is 25.7 Å².